The monoisotopic (exact) mass is 320 g/mol. The normalized spacial score (nSPS) is 23.2. The minimum Gasteiger partial charge on any atom is -0.343 e. The highest BCUT2D eigenvalue weighted by Crippen LogP contribution is 2.35. The Morgan fingerprint density at radius 1 is 1.19 bits per heavy atom. The standard InChI is InChI=1S/C13H12ClF3N2O2/c1-6-12(21)19(7(2)11(20)18-6)10-4-8(13(15,16)17)3-9(14)5-10/h3-7H,1-2H3,(H,18,20). The maximum absolute atomic E-state index is 12.8. The minimum atomic E-state index is -4.59. The van der Waals surface area contributed by atoms with E-state index in [9.17, 15) is 22.8 Å². The summed E-state index contributed by atoms with van der Waals surface area (Å²) in [6.07, 6.45) is -4.59. The number of carbonyl (C=O) groups is 2. The molecule has 1 aliphatic rings. The lowest BCUT2D eigenvalue weighted by Gasteiger charge is -2.36. The number of benzene rings is 1. The lowest BCUT2D eigenvalue weighted by Crippen LogP contribution is -2.61. The number of nitrogens with one attached hydrogen (secondary N) is 1. The van der Waals surface area contributed by atoms with E-state index in [4.69, 9.17) is 11.6 Å². The van der Waals surface area contributed by atoms with E-state index in [-0.39, 0.29) is 10.7 Å². The second kappa shape index (κ2) is 5.22. The molecular weight excluding hydrogens is 309 g/mol. The third kappa shape index (κ3) is 2.97. The zero-order valence-corrected chi connectivity index (χ0v) is 11.9. The molecule has 2 unspecified atom stereocenters. The van der Waals surface area contributed by atoms with E-state index in [0.29, 0.717) is 0 Å². The molecular formula is C13H12ClF3N2O2. The fraction of sp³-hybridized carbons (Fsp3) is 0.385. The fourth-order valence-electron chi connectivity index (χ4n) is 2.14. The molecule has 2 rings (SSSR count). The quantitative estimate of drug-likeness (QED) is 0.864. The van der Waals surface area contributed by atoms with Gasteiger partial charge in [-0.25, -0.2) is 0 Å². The number of nitrogens with zero attached hydrogens (tertiary/aromatic N) is 1. The molecule has 2 amide bonds. The Kier molecular flexibility index (Phi) is 3.88. The number of halogens is 4. The molecule has 0 aliphatic carbocycles. The van der Waals surface area contributed by atoms with Gasteiger partial charge in [0.1, 0.15) is 12.1 Å². The van der Waals surface area contributed by atoms with Gasteiger partial charge in [0.25, 0.3) is 0 Å². The summed E-state index contributed by atoms with van der Waals surface area (Å²) in [5.41, 5.74) is -1.02. The van der Waals surface area contributed by atoms with E-state index >= 15 is 0 Å². The third-order valence-electron chi connectivity index (χ3n) is 3.22. The molecule has 0 bridgehead atoms. The smallest absolute Gasteiger partial charge is 0.343 e. The Labute approximate surface area is 123 Å². The molecule has 4 nitrogen and oxygen atoms in total. The maximum Gasteiger partial charge on any atom is 0.416 e. The average molecular weight is 321 g/mol. The van der Waals surface area contributed by atoms with Gasteiger partial charge in [-0.15, -0.1) is 0 Å². The molecule has 1 aromatic carbocycles. The lowest BCUT2D eigenvalue weighted by molar-refractivity contribution is -0.137. The second-order valence-electron chi connectivity index (χ2n) is 4.81. The molecule has 0 radical (unpaired) electrons. The molecule has 114 valence electrons. The predicted octanol–water partition coefficient (Wildman–Crippen LogP) is 2.60. The first-order chi connectivity index (χ1) is 9.61. The van der Waals surface area contributed by atoms with Crippen molar-refractivity contribution >= 4 is 29.1 Å². The van der Waals surface area contributed by atoms with Gasteiger partial charge in [0, 0.05) is 10.7 Å². The first kappa shape index (κ1) is 15.6. The van der Waals surface area contributed by atoms with Crippen LogP contribution in [0, 0.1) is 0 Å². The molecule has 2 atom stereocenters. The van der Waals surface area contributed by atoms with Crippen molar-refractivity contribution in [3.63, 3.8) is 0 Å². The lowest BCUT2D eigenvalue weighted by atomic mass is 10.1. The predicted molar refractivity (Wildman–Crippen MR) is 71.0 cm³/mol. The molecule has 1 saturated heterocycles. The zero-order chi connectivity index (χ0) is 15.9. The van der Waals surface area contributed by atoms with Gasteiger partial charge in [0.15, 0.2) is 0 Å². The van der Waals surface area contributed by atoms with Crippen molar-refractivity contribution in [3.8, 4) is 0 Å². The van der Waals surface area contributed by atoms with Gasteiger partial charge in [-0.1, -0.05) is 11.6 Å². The van der Waals surface area contributed by atoms with Crippen LogP contribution in [-0.2, 0) is 15.8 Å². The molecule has 0 aromatic heterocycles. The summed E-state index contributed by atoms with van der Waals surface area (Å²) in [5, 5.41) is 2.30. The largest absolute Gasteiger partial charge is 0.416 e. The Balaban J connectivity index is 2.51. The highest BCUT2D eigenvalue weighted by atomic mass is 35.5. The van der Waals surface area contributed by atoms with Gasteiger partial charge in [-0.05, 0) is 32.0 Å². The van der Waals surface area contributed by atoms with Crippen LogP contribution in [0.4, 0.5) is 18.9 Å². The minimum absolute atomic E-state index is 0.0472. The molecule has 1 heterocycles. The van der Waals surface area contributed by atoms with Gasteiger partial charge in [0.2, 0.25) is 11.8 Å². The number of rotatable bonds is 1. The number of carbonyl (C=O) groups excluding carboxylic acids is 2. The summed E-state index contributed by atoms with van der Waals surface area (Å²) in [7, 11) is 0. The van der Waals surface area contributed by atoms with Gasteiger partial charge < -0.3 is 5.32 Å². The Morgan fingerprint density at radius 2 is 1.81 bits per heavy atom. The highest BCUT2D eigenvalue weighted by Gasteiger charge is 2.38. The average Bonchev–Trinajstić information content (AvgIpc) is 2.35. The summed E-state index contributed by atoms with van der Waals surface area (Å²) in [4.78, 5) is 24.9. The zero-order valence-electron chi connectivity index (χ0n) is 11.2. The van der Waals surface area contributed by atoms with Crippen LogP contribution in [0.25, 0.3) is 0 Å². The van der Waals surface area contributed by atoms with Crippen molar-refractivity contribution in [1.82, 2.24) is 5.32 Å². The number of amides is 2. The molecule has 1 fully saturated rings. The van der Waals surface area contributed by atoms with Gasteiger partial charge in [0.05, 0.1) is 5.56 Å². The highest BCUT2D eigenvalue weighted by molar-refractivity contribution is 6.31. The van der Waals surface area contributed by atoms with Crippen LogP contribution in [0.15, 0.2) is 18.2 Å². The molecule has 0 spiro atoms. The van der Waals surface area contributed by atoms with E-state index in [1.165, 1.54) is 19.9 Å². The van der Waals surface area contributed by atoms with E-state index in [1.54, 1.807) is 0 Å². The summed E-state index contributed by atoms with van der Waals surface area (Å²) in [5.74, 6) is -0.923. The van der Waals surface area contributed by atoms with Crippen molar-refractivity contribution in [2.24, 2.45) is 0 Å². The van der Waals surface area contributed by atoms with Crippen molar-refractivity contribution in [2.75, 3.05) is 4.90 Å². The number of hydrogen-bond donors (Lipinski definition) is 1. The number of hydrogen-bond acceptors (Lipinski definition) is 2. The van der Waals surface area contributed by atoms with E-state index in [1.807, 2.05) is 0 Å². The van der Waals surface area contributed by atoms with Crippen LogP contribution in [0.3, 0.4) is 0 Å². The van der Waals surface area contributed by atoms with Crippen molar-refractivity contribution in [1.29, 1.82) is 0 Å². The van der Waals surface area contributed by atoms with Crippen LogP contribution in [0.1, 0.15) is 19.4 Å². The second-order valence-corrected chi connectivity index (χ2v) is 5.25. The van der Waals surface area contributed by atoms with Crippen LogP contribution in [0.5, 0.6) is 0 Å². The van der Waals surface area contributed by atoms with Crippen molar-refractivity contribution in [2.45, 2.75) is 32.1 Å². The van der Waals surface area contributed by atoms with Gasteiger partial charge in [-0.3, -0.25) is 14.5 Å². The van der Waals surface area contributed by atoms with Crippen molar-refractivity contribution in [3.05, 3.63) is 28.8 Å². The molecule has 21 heavy (non-hydrogen) atoms. The van der Waals surface area contributed by atoms with Crippen LogP contribution < -0.4 is 10.2 Å². The molecule has 1 aromatic rings. The summed E-state index contributed by atoms with van der Waals surface area (Å²) >= 11 is 5.70. The number of piperazine rings is 1. The molecule has 0 saturated carbocycles. The summed E-state index contributed by atoms with van der Waals surface area (Å²) in [6, 6.07) is 1.10. The third-order valence-corrected chi connectivity index (χ3v) is 3.44. The Morgan fingerprint density at radius 3 is 2.38 bits per heavy atom. The summed E-state index contributed by atoms with van der Waals surface area (Å²) in [6.45, 7) is 2.90. The molecule has 1 N–H and O–H groups in total. The maximum atomic E-state index is 12.8. The number of anilines is 1. The topological polar surface area (TPSA) is 49.4 Å². The van der Waals surface area contributed by atoms with E-state index in [2.05, 4.69) is 5.32 Å². The van der Waals surface area contributed by atoms with Crippen LogP contribution >= 0.6 is 11.6 Å². The first-order valence-electron chi connectivity index (χ1n) is 6.12. The molecule has 1 aliphatic heterocycles. The van der Waals surface area contributed by atoms with Gasteiger partial charge in [-0.2, -0.15) is 13.2 Å². The molecule has 8 heteroatoms. The van der Waals surface area contributed by atoms with Crippen molar-refractivity contribution < 1.29 is 22.8 Å². The van der Waals surface area contributed by atoms with Crippen LogP contribution in [-0.4, -0.2) is 23.9 Å². The van der Waals surface area contributed by atoms with E-state index in [0.717, 1.165) is 17.0 Å². The Hall–Kier alpha value is -1.76. The SMILES string of the molecule is CC1NC(=O)C(C)N(c2cc(Cl)cc(C(F)(F)F)c2)C1=O. The first-order valence-corrected chi connectivity index (χ1v) is 6.50. The fourth-order valence-corrected chi connectivity index (χ4v) is 2.37. The van der Waals surface area contributed by atoms with Gasteiger partial charge >= 0.3 is 6.18 Å². The van der Waals surface area contributed by atoms with E-state index < -0.39 is 35.6 Å². The van der Waals surface area contributed by atoms with Crippen LogP contribution in [0.2, 0.25) is 5.02 Å². The summed E-state index contributed by atoms with van der Waals surface area (Å²) < 4.78 is 38.5. The Bertz CT molecular complexity index is 604. The number of alkyl halides is 3.